The largest absolute Gasteiger partial charge is 0.373 e. The Kier molecular flexibility index (Phi) is 4.63. The van der Waals surface area contributed by atoms with Crippen LogP contribution >= 0.6 is 11.6 Å². The lowest BCUT2D eigenvalue weighted by molar-refractivity contribution is -0.130. The molecule has 112 valence electrons. The van der Waals surface area contributed by atoms with Crippen molar-refractivity contribution in [3.8, 4) is 0 Å². The van der Waals surface area contributed by atoms with Gasteiger partial charge in [0.1, 0.15) is 11.9 Å². The third-order valence-electron chi connectivity index (χ3n) is 3.38. The number of nitrogens with one attached hydrogen (secondary N) is 1. The Morgan fingerprint density at radius 1 is 1.52 bits per heavy atom. The van der Waals surface area contributed by atoms with Crippen molar-refractivity contribution in [2.45, 2.75) is 19.9 Å². The molecule has 0 saturated carbocycles. The molecule has 1 N–H and O–H groups in total. The zero-order valence-corrected chi connectivity index (χ0v) is 12.9. The molecule has 1 atom stereocenters. The number of halogens is 2. The van der Waals surface area contributed by atoms with Crippen molar-refractivity contribution in [1.82, 2.24) is 9.88 Å². The Balaban J connectivity index is 2.34. The van der Waals surface area contributed by atoms with Gasteiger partial charge in [-0.1, -0.05) is 11.6 Å². The number of hydrogen-bond acceptors (Lipinski definition) is 3. The first kappa shape index (κ1) is 15.5. The molecule has 1 aromatic carbocycles. The number of hydrogen-bond donors (Lipinski definition) is 1. The van der Waals surface area contributed by atoms with Gasteiger partial charge in [-0.05, 0) is 26.0 Å². The fourth-order valence-corrected chi connectivity index (χ4v) is 2.21. The highest BCUT2D eigenvalue weighted by Gasteiger charge is 2.17. The van der Waals surface area contributed by atoms with Gasteiger partial charge in [-0.25, -0.2) is 4.39 Å². The number of amides is 1. The molecule has 0 spiro atoms. The van der Waals surface area contributed by atoms with E-state index in [-0.39, 0.29) is 10.9 Å². The topological polar surface area (TPSA) is 45.2 Å². The number of nitrogens with zero attached hydrogens (tertiary/aromatic N) is 2. The standard InChI is InChI=1S/C15H17ClFN3O/c1-4-20(3)15(21)9(2)19-13-5-6-18-14-8-12(17)11(16)7-10(13)14/h5-9H,4H2,1-3H3,(H,18,19). The molecule has 0 fully saturated rings. The number of fused-ring (bicyclic) bond motifs is 1. The number of carbonyl (C=O) groups is 1. The predicted molar refractivity (Wildman–Crippen MR) is 83.1 cm³/mol. The zero-order valence-electron chi connectivity index (χ0n) is 12.2. The first-order valence-electron chi connectivity index (χ1n) is 6.69. The Morgan fingerprint density at radius 2 is 2.24 bits per heavy atom. The fourth-order valence-electron chi connectivity index (χ4n) is 2.05. The summed E-state index contributed by atoms with van der Waals surface area (Å²) in [6.07, 6.45) is 1.57. The second-order valence-corrected chi connectivity index (χ2v) is 5.27. The van der Waals surface area contributed by atoms with Crippen LogP contribution in [0.1, 0.15) is 13.8 Å². The molecule has 0 radical (unpaired) electrons. The molecule has 6 heteroatoms. The van der Waals surface area contributed by atoms with Gasteiger partial charge >= 0.3 is 0 Å². The van der Waals surface area contributed by atoms with Gasteiger partial charge in [0.25, 0.3) is 0 Å². The van der Waals surface area contributed by atoms with E-state index in [9.17, 15) is 9.18 Å². The Bertz CT molecular complexity index is 677. The van der Waals surface area contributed by atoms with E-state index in [2.05, 4.69) is 10.3 Å². The monoisotopic (exact) mass is 309 g/mol. The van der Waals surface area contributed by atoms with E-state index in [0.717, 1.165) is 0 Å². The van der Waals surface area contributed by atoms with Gasteiger partial charge in [0, 0.05) is 36.9 Å². The maximum Gasteiger partial charge on any atom is 0.244 e. The molecule has 0 saturated heterocycles. The summed E-state index contributed by atoms with van der Waals surface area (Å²) < 4.78 is 13.5. The van der Waals surface area contributed by atoms with Crippen LogP contribution in [0.2, 0.25) is 5.02 Å². The molecule has 0 aliphatic rings. The van der Waals surface area contributed by atoms with E-state index in [1.165, 1.54) is 12.1 Å². The van der Waals surface area contributed by atoms with Crippen LogP contribution in [-0.2, 0) is 4.79 Å². The summed E-state index contributed by atoms with van der Waals surface area (Å²) in [5.74, 6) is -0.528. The average Bonchev–Trinajstić information content (AvgIpc) is 2.47. The molecule has 1 amide bonds. The first-order chi connectivity index (χ1) is 9.93. The summed E-state index contributed by atoms with van der Waals surface area (Å²) in [7, 11) is 1.75. The second-order valence-electron chi connectivity index (χ2n) is 4.86. The van der Waals surface area contributed by atoms with E-state index in [1.807, 2.05) is 6.92 Å². The highest BCUT2D eigenvalue weighted by atomic mass is 35.5. The number of aromatic nitrogens is 1. The van der Waals surface area contributed by atoms with Crippen molar-refractivity contribution in [1.29, 1.82) is 0 Å². The summed E-state index contributed by atoms with van der Waals surface area (Å²) in [6, 6.07) is 4.15. The smallest absolute Gasteiger partial charge is 0.244 e. The maximum absolute atomic E-state index is 13.5. The average molecular weight is 310 g/mol. The second kappa shape index (κ2) is 6.26. The fraction of sp³-hybridized carbons (Fsp3) is 0.333. The van der Waals surface area contributed by atoms with Crippen molar-refractivity contribution in [2.75, 3.05) is 18.9 Å². The van der Waals surface area contributed by atoms with E-state index in [1.54, 1.807) is 31.1 Å². The molecule has 2 rings (SSSR count). The number of anilines is 1. The van der Waals surface area contributed by atoms with Crippen molar-refractivity contribution < 1.29 is 9.18 Å². The van der Waals surface area contributed by atoms with Crippen LogP contribution in [0.3, 0.4) is 0 Å². The van der Waals surface area contributed by atoms with Crippen LogP contribution in [-0.4, -0.2) is 35.4 Å². The quantitative estimate of drug-likeness (QED) is 0.942. The van der Waals surface area contributed by atoms with E-state index in [4.69, 9.17) is 11.6 Å². The Morgan fingerprint density at radius 3 is 2.90 bits per heavy atom. The van der Waals surface area contributed by atoms with Crippen molar-refractivity contribution >= 4 is 34.1 Å². The van der Waals surface area contributed by atoms with Gasteiger partial charge in [0.15, 0.2) is 0 Å². The van der Waals surface area contributed by atoms with Gasteiger partial charge in [-0.15, -0.1) is 0 Å². The number of pyridine rings is 1. The Hall–Kier alpha value is -1.88. The van der Waals surface area contributed by atoms with Crippen LogP contribution < -0.4 is 5.32 Å². The molecule has 0 aliphatic heterocycles. The third kappa shape index (κ3) is 3.24. The minimum Gasteiger partial charge on any atom is -0.373 e. The number of rotatable bonds is 4. The third-order valence-corrected chi connectivity index (χ3v) is 3.67. The maximum atomic E-state index is 13.5. The van der Waals surface area contributed by atoms with Gasteiger partial charge in [-0.3, -0.25) is 9.78 Å². The molecule has 1 aromatic heterocycles. The molecular formula is C15H17ClFN3O. The summed E-state index contributed by atoms with van der Waals surface area (Å²) in [5, 5.41) is 3.85. The molecular weight excluding hydrogens is 293 g/mol. The highest BCUT2D eigenvalue weighted by Crippen LogP contribution is 2.27. The van der Waals surface area contributed by atoms with Crippen molar-refractivity contribution in [2.24, 2.45) is 0 Å². The SMILES string of the molecule is CCN(C)C(=O)C(C)Nc1ccnc2cc(F)c(Cl)cc12. The lowest BCUT2D eigenvalue weighted by Gasteiger charge is -2.22. The predicted octanol–water partition coefficient (Wildman–Crippen LogP) is 3.31. The van der Waals surface area contributed by atoms with Crippen LogP contribution in [0.5, 0.6) is 0 Å². The Labute approximate surface area is 127 Å². The van der Waals surface area contributed by atoms with Crippen LogP contribution in [0.4, 0.5) is 10.1 Å². The molecule has 1 heterocycles. The van der Waals surface area contributed by atoms with Gasteiger partial charge in [0.2, 0.25) is 5.91 Å². The minimum absolute atomic E-state index is 0.0179. The minimum atomic E-state index is -0.511. The van der Waals surface area contributed by atoms with E-state index in [0.29, 0.717) is 23.1 Å². The summed E-state index contributed by atoms with van der Waals surface area (Å²) in [6.45, 7) is 4.33. The van der Waals surface area contributed by atoms with Gasteiger partial charge in [-0.2, -0.15) is 0 Å². The molecule has 2 aromatic rings. The highest BCUT2D eigenvalue weighted by molar-refractivity contribution is 6.31. The van der Waals surface area contributed by atoms with Gasteiger partial charge < -0.3 is 10.2 Å². The molecule has 21 heavy (non-hydrogen) atoms. The normalized spacial score (nSPS) is 12.2. The van der Waals surface area contributed by atoms with E-state index < -0.39 is 11.9 Å². The van der Waals surface area contributed by atoms with Crippen LogP contribution in [0.15, 0.2) is 24.4 Å². The molecule has 0 aliphatic carbocycles. The van der Waals surface area contributed by atoms with Gasteiger partial charge in [0.05, 0.1) is 10.5 Å². The summed E-state index contributed by atoms with van der Waals surface area (Å²) in [5.41, 5.74) is 1.19. The lowest BCUT2D eigenvalue weighted by Crippen LogP contribution is -2.38. The summed E-state index contributed by atoms with van der Waals surface area (Å²) in [4.78, 5) is 17.8. The summed E-state index contributed by atoms with van der Waals surface area (Å²) >= 11 is 5.83. The molecule has 1 unspecified atom stereocenters. The van der Waals surface area contributed by atoms with Crippen LogP contribution in [0, 0.1) is 5.82 Å². The van der Waals surface area contributed by atoms with Crippen molar-refractivity contribution in [3.63, 3.8) is 0 Å². The number of carbonyl (C=O) groups excluding carboxylic acids is 1. The molecule has 4 nitrogen and oxygen atoms in total. The first-order valence-corrected chi connectivity index (χ1v) is 7.07. The number of likely N-dealkylation sites (N-methyl/N-ethyl adjacent to an activating group) is 1. The lowest BCUT2D eigenvalue weighted by atomic mass is 10.1. The molecule has 0 bridgehead atoms. The zero-order chi connectivity index (χ0) is 15.6. The number of benzene rings is 1. The van der Waals surface area contributed by atoms with Crippen LogP contribution in [0.25, 0.3) is 10.9 Å². The van der Waals surface area contributed by atoms with E-state index >= 15 is 0 Å². The van der Waals surface area contributed by atoms with Crippen molar-refractivity contribution in [3.05, 3.63) is 35.2 Å².